The van der Waals surface area contributed by atoms with Gasteiger partial charge in [-0.3, -0.25) is 9.48 Å². The number of aliphatic hydroxyl groups is 3. The van der Waals surface area contributed by atoms with Crippen molar-refractivity contribution in [3.63, 3.8) is 0 Å². The Kier molecular flexibility index (Phi) is 5.17. The molecular formula is C25H31BrN2O6. The lowest BCUT2D eigenvalue weighted by atomic mass is 9.59. The van der Waals surface area contributed by atoms with Gasteiger partial charge in [-0.05, 0) is 63.6 Å². The molecule has 0 amide bonds. The van der Waals surface area contributed by atoms with Gasteiger partial charge in [0.2, 0.25) is 0 Å². The molecule has 4 aliphatic rings. The number of halogens is 1. The number of ether oxygens (including phenoxy) is 1. The molecule has 3 N–H and O–H groups in total. The molecule has 2 saturated carbocycles. The van der Waals surface area contributed by atoms with Crippen LogP contribution in [-0.4, -0.2) is 61.3 Å². The molecule has 0 saturated heterocycles. The monoisotopic (exact) mass is 534 g/mol. The maximum Gasteiger partial charge on any atom is 0.358 e. The van der Waals surface area contributed by atoms with Crippen LogP contribution in [0, 0.1) is 34.5 Å². The van der Waals surface area contributed by atoms with Crippen LogP contribution >= 0.6 is 15.9 Å². The number of aliphatic hydroxyl groups excluding tert-OH is 2. The summed E-state index contributed by atoms with van der Waals surface area (Å²) < 4.78 is 7.64. The van der Waals surface area contributed by atoms with Gasteiger partial charge in [0.1, 0.15) is 6.10 Å². The topological polar surface area (TPSA) is 122 Å². The van der Waals surface area contributed by atoms with E-state index in [1.807, 2.05) is 6.92 Å². The van der Waals surface area contributed by atoms with E-state index in [2.05, 4.69) is 34.9 Å². The minimum absolute atomic E-state index is 0.0459. The van der Waals surface area contributed by atoms with Gasteiger partial charge < -0.3 is 20.1 Å². The maximum atomic E-state index is 14.3. The van der Waals surface area contributed by atoms with E-state index in [9.17, 15) is 24.9 Å². The fourth-order valence-corrected chi connectivity index (χ4v) is 7.91. The Morgan fingerprint density at radius 1 is 1.38 bits per heavy atom. The first kappa shape index (κ1) is 23.9. The average molecular weight is 535 g/mol. The number of aryl methyl sites for hydroxylation is 1. The highest BCUT2D eigenvalue weighted by Gasteiger charge is 2.76. The van der Waals surface area contributed by atoms with Gasteiger partial charge in [0.05, 0.1) is 22.7 Å². The smallest absolute Gasteiger partial charge is 0.358 e. The minimum atomic E-state index is -2.15. The summed E-state index contributed by atoms with van der Waals surface area (Å²) in [5, 5.41) is 38.1. The van der Waals surface area contributed by atoms with E-state index >= 15 is 0 Å². The van der Waals surface area contributed by atoms with Crippen LogP contribution in [0.3, 0.4) is 0 Å². The standard InChI is InChI=1S/C25H31BrN2O6/c1-11-8-24-12(2)6-15-17(23(15,3)4)14(20(24)31)7-13(10-29)19(30)25(24,33)21(11)34-22(32)18-16(26)9-27-28(18)5/h7-9,12,14-15,17,19,21,29-30,33H,6,10H2,1-5H3/t12-,14+,15-,17+,19-,21+,24+,25+/m1/s1. The quantitative estimate of drug-likeness (QED) is 0.401. The summed E-state index contributed by atoms with van der Waals surface area (Å²) in [4.78, 5) is 27.5. The number of nitrogens with zero attached hydrogens (tertiary/aromatic N) is 2. The van der Waals surface area contributed by atoms with Crippen molar-refractivity contribution >= 4 is 27.7 Å². The Labute approximate surface area is 206 Å². The lowest BCUT2D eigenvalue weighted by molar-refractivity contribution is -0.190. The zero-order valence-electron chi connectivity index (χ0n) is 19.9. The number of hydrogen-bond donors (Lipinski definition) is 3. The first-order valence-corrected chi connectivity index (χ1v) is 12.5. The summed E-state index contributed by atoms with van der Waals surface area (Å²) in [5.74, 6) is -1.42. The molecule has 0 aliphatic heterocycles. The second kappa shape index (κ2) is 7.35. The van der Waals surface area contributed by atoms with Crippen molar-refractivity contribution < 1.29 is 29.6 Å². The Hall–Kier alpha value is -1.81. The molecule has 34 heavy (non-hydrogen) atoms. The summed E-state index contributed by atoms with van der Waals surface area (Å²) in [6.07, 6.45) is 2.68. The van der Waals surface area contributed by atoms with Crippen molar-refractivity contribution in [2.75, 3.05) is 6.61 Å². The third kappa shape index (κ3) is 2.72. The predicted octanol–water partition coefficient (Wildman–Crippen LogP) is 2.18. The molecule has 0 unspecified atom stereocenters. The van der Waals surface area contributed by atoms with Gasteiger partial charge in [-0.2, -0.15) is 5.10 Å². The summed E-state index contributed by atoms with van der Waals surface area (Å²) >= 11 is 3.30. The van der Waals surface area contributed by atoms with E-state index in [4.69, 9.17) is 4.74 Å². The van der Waals surface area contributed by atoms with Crippen LogP contribution in [0.5, 0.6) is 0 Å². The molecular weight excluding hydrogens is 504 g/mol. The molecule has 184 valence electrons. The fourth-order valence-electron chi connectivity index (χ4n) is 7.40. The second-order valence-corrected chi connectivity index (χ2v) is 12.0. The van der Waals surface area contributed by atoms with Crippen molar-refractivity contribution in [2.24, 2.45) is 41.5 Å². The van der Waals surface area contributed by atoms with E-state index in [-0.39, 0.29) is 40.2 Å². The third-order valence-electron chi connectivity index (χ3n) is 9.21. The number of rotatable bonds is 3. The number of allylic oxidation sites excluding steroid dienone is 1. The molecule has 2 fully saturated rings. The summed E-state index contributed by atoms with van der Waals surface area (Å²) in [5.41, 5.74) is -2.81. The molecule has 0 radical (unpaired) electrons. The average Bonchev–Trinajstić information content (AvgIpc) is 3.05. The van der Waals surface area contributed by atoms with Gasteiger partial charge in [-0.15, -0.1) is 0 Å². The van der Waals surface area contributed by atoms with Crippen molar-refractivity contribution in [3.05, 3.63) is 39.7 Å². The molecule has 0 aromatic carbocycles. The largest absolute Gasteiger partial charge is 0.450 e. The van der Waals surface area contributed by atoms with Gasteiger partial charge >= 0.3 is 5.97 Å². The molecule has 4 aliphatic carbocycles. The predicted molar refractivity (Wildman–Crippen MR) is 125 cm³/mol. The van der Waals surface area contributed by atoms with Gasteiger partial charge in [0, 0.05) is 13.0 Å². The van der Waals surface area contributed by atoms with E-state index in [1.165, 1.54) is 10.9 Å². The SMILES string of the molecule is CC1=C[C@]23C(=O)[C@@H](C=C(CO)[C@@H](O)[C@]2(O)[C@H]1OC(=O)c1c(Br)cnn1C)[C@H]1[C@@H](C[C@H]3C)C1(C)C. The van der Waals surface area contributed by atoms with Crippen LogP contribution < -0.4 is 0 Å². The van der Waals surface area contributed by atoms with E-state index in [1.54, 1.807) is 26.1 Å². The molecule has 8 nitrogen and oxygen atoms in total. The number of carbonyl (C=O) groups excluding carboxylic acids is 2. The molecule has 1 aromatic rings. The number of fused-ring (bicyclic) bond motifs is 3. The lowest BCUT2D eigenvalue weighted by Gasteiger charge is -2.48. The van der Waals surface area contributed by atoms with Gasteiger partial charge in [-0.25, -0.2) is 4.79 Å². The second-order valence-electron chi connectivity index (χ2n) is 11.1. The van der Waals surface area contributed by atoms with Gasteiger partial charge in [-0.1, -0.05) is 32.9 Å². The first-order chi connectivity index (χ1) is 15.8. The Balaban J connectivity index is 1.65. The molecule has 1 heterocycles. The van der Waals surface area contributed by atoms with Crippen LogP contribution in [0.4, 0.5) is 0 Å². The third-order valence-corrected chi connectivity index (χ3v) is 9.79. The first-order valence-electron chi connectivity index (χ1n) is 11.7. The van der Waals surface area contributed by atoms with Crippen LogP contribution in [-0.2, 0) is 16.6 Å². The van der Waals surface area contributed by atoms with Crippen LogP contribution in [0.25, 0.3) is 0 Å². The van der Waals surface area contributed by atoms with E-state index in [0.29, 0.717) is 16.5 Å². The van der Waals surface area contributed by atoms with Gasteiger partial charge in [0.25, 0.3) is 0 Å². The minimum Gasteiger partial charge on any atom is -0.450 e. The van der Waals surface area contributed by atoms with E-state index < -0.39 is 41.7 Å². The molecule has 1 spiro atoms. The number of ketones is 1. The van der Waals surface area contributed by atoms with Crippen LogP contribution in [0.2, 0.25) is 0 Å². The Morgan fingerprint density at radius 2 is 2.06 bits per heavy atom. The van der Waals surface area contributed by atoms with Crippen molar-refractivity contribution in [1.82, 2.24) is 9.78 Å². The van der Waals surface area contributed by atoms with Gasteiger partial charge in [0.15, 0.2) is 23.2 Å². The van der Waals surface area contributed by atoms with Crippen LogP contribution in [0.1, 0.15) is 44.6 Å². The molecule has 5 rings (SSSR count). The number of aromatic nitrogens is 2. The van der Waals surface area contributed by atoms with Crippen LogP contribution in [0.15, 0.2) is 34.0 Å². The fraction of sp³-hybridized carbons (Fsp3) is 0.640. The highest BCUT2D eigenvalue weighted by Crippen LogP contribution is 2.71. The molecule has 2 bridgehead atoms. The lowest BCUT2D eigenvalue weighted by Crippen LogP contribution is -2.65. The van der Waals surface area contributed by atoms with Crippen molar-refractivity contribution in [1.29, 1.82) is 0 Å². The zero-order valence-corrected chi connectivity index (χ0v) is 21.5. The number of carbonyl (C=O) groups is 2. The molecule has 8 atom stereocenters. The molecule has 9 heteroatoms. The van der Waals surface area contributed by atoms with Crippen molar-refractivity contribution in [2.45, 2.75) is 51.9 Å². The maximum absolute atomic E-state index is 14.3. The number of esters is 1. The highest BCUT2D eigenvalue weighted by atomic mass is 79.9. The summed E-state index contributed by atoms with van der Waals surface area (Å²) in [6.45, 7) is 7.41. The Bertz CT molecular complexity index is 1130. The zero-order chi connectivity index (χ0) is 25.0. The highest BCUT2D eigenvalue weighted by molar-refractivity contribution is 9.10. The van der Waals surface area contributed by atoms with E-state index in [0.717, 1.165) is 0 Å². The summed E-state index contributed by atoms with van der Waals surface area (Å²) in [7, 11) is 1.59. The number of Topliss-reactive ketones (excluding diaryl/α,β-unsaturated/α-hetero) is 1. The summed E-state index contributed by atoms with van der Waals surface area (Å²) in [6, 6.07) is 0. The molecule has 1 aromatic heterocycles. The normalized spacial score (nSPS) is 42.1. The Morgan fingerprint density at radius 3 is 2.65 bits per heavy atom. The number of hydrogen-bond acceptors (Lipinski definition) is 7. The van der Waals surface area contributed by atoms with Crippen molar-refractivity contribution in [3.8, 4) is 0 Å².